The van der Waals surface area contributed by atoms with E-state index in [-0.39, 0.29) is 12.8 Å². The van der Waals surface area contributed by atoms with Gasteiger partial charge in [-0.05, 0) is 36.1 Å². The number of hydrogen-bond acceptors (Lipinski definition) is 3. The van der Waals surface area contributed by atoms with Crippen LogP contribution in [0.3, 0.4) is 0 Å². The van der Waals surface area contributed by atoms with Gasteiger partial charge in [-0.1, -0.05) is 42.5 Å². The molecule has 1 aromatic heterocycles. The van der Waals surface area contributed by atoms with Gasteiger partial charge in [-0.15, -0.1) is 0 Å². The number of carboxylic acids is 2. The Morgan fingerprint density at radius 1 is 0.852 bits per heavy atom. The Kier molecular flexibility index (Phi) is 4.15. The summed E-state index contributed by atoms with van der Waals surface area (Å²) in [5.41, 5.74) is 3.93. The van der Waals surface area contributed by atoms with Crippen LogP contribution in [-0.4, -0.2) is 27.1 Å². The largest absolute Gasteiger partial charge is 0.481 e. The number of aliphatic carboxylic acids is 2. The summed E-state index contributed by atoms with van der Waals surface area (Å²) in [5, 5.41) is 19.6. The first-order valence-electron chi connectivity index (χ1n) is 8.95. The molecule has 0 saturated heterocycles. The van der Waals surface area contributed by atoms with Crippen molar-refractivity contribution in [1.29, 1.82) is 0 Å². The second-order valence-corrected chi connectivity index (χ2v) is 6.99. The molecule has 5 nitrogen and oxygen atoms in total. The Balaban J connectivity index is 1.97. The lowest BCUT2D eigenvalue weighted by Gasteiger charge is -2.31. The van der Waals surface area contributed by atoms with Gasteiger partial charge < -0.3 is 10.2 Å². The molecule has 0 radical (unpaired) electrons. The van der Waals surface area contributed by atoms with E-state index in [0.717, 1.165) is 33.3 Å². The van der Waals surface area contributed by atoms with Crippen molar-refractivity contribution in [2.75, 3.05) is 0 Å². The molecule has 3 aromatic rings. The minimum absolute atomic E-state index is 0.0276. The quantitative estimate of drug-likeness (QED) is 0.686. The number of benzene rings is 2. The molecule has 1 heterocycles. The average Bonchev–Trinajstić information content (AvgIpc) is 2.93. The minimum Gasteiger partial charge on any atom is -0.481 e. The number of fused-ring (bicyclic) bond motifs is 4. The van der Waals surface area contributed by atoms with Gasteiger partial charge in [0.05, 0.1) is 11.2 Å². The Morgan fingerprint density at radius 3 is 2.19 bits per heavy atom. The van der Waals surface area contributed by atoms with E-state index in [4.69, 9.17) is 4.98 Å². The molecule has 0 bridgehead atoms. The summed E-state index contributed by atoms with van der Waals surface area (Å²) in [6.07, 6.45) is 0.639. The average molecular weight is 361 g/mol. The van der Waals surface area contributed by atoms with Crippen LogP contribution < -0.4 is 0 Å². The lowest BCUT2D eigenvalue weighted by atomic mass is 9.71. The van der Waals surface area contributed by atoms with Crippen LogP contribution >= 0.6 is 0 Å². The number of carbonyl (C=O) groups is 2. The van der Waals surface area contributed by atoms with Crippen molar-refractivity contribution < 1.29 is 19.8 Å². The lowest BCUT2D eigenvalue weighted by molar-refractivity contribution is -0.137. The van der Waals surface area contributed by atoms with E-state index in [0.29, 0.717) is 12.8 Å². The van der Waals surface area contributed by atoms with Crippen molar-refractivity contribution in [2.45, 2.75) is 31.1 Å². The minimum atomic E-state index is -0.885. The maximum Gasteiger partial charge on any atom is 0.303 e. The zero-order chi connectivity index (χ0) is 19.0. The number of rotatable bonds is 6. The molecule has 0 spiro atoms. The van der Waals surface area contributed by atoms with Crippen LogP contribution in [0.4, 0.5) is 0 Å². The highest BCUT2D eigenvalue weighted by Gasteiger charge is 2.44. The van der Waals surface area contributed by atoms with Crippen molar-refractivity contribution in [3.05, 3.63) is 65.7 Å². The van der Waals surface area contributed by atoms with Gasteiger partial charge >= 0.3 is 11.9 Å². The number of pyridine rings is 1. The molecule has 0 aliphatic heterocycles. The predicted octanol–water partition coefficient (Wildman–Crippen LogP) is 4.23. The van der Waals surface area contributed by atoms with Crippen LogP contribution in [-0.2, 0) is 15.0 Å². The van der Waals surface area contributed by atoms with Gasteiger partial charge in [-0.25, -0.2) is 4.98 Å². The van der Waals surface area contributed by atoms with Crippen molar-refractivity contribution in [1.82, 2.24) is 4.98 Å². The molecule has 0 saturated carbocycles. The molecule has 0 fully saturated rings. The highest BCUT2D eigenvalue weighted by Crippen LogP contribution is 2.53. The summed E-state index contributed by atoms with van der Waals surface area (Å²) < 4.78 is 0. The molecule has 2 aromatic carbocycles. The third kappa shape index (κ3) is 2.85. The molecule has 1 aliphatic carbocycles. The normalized spacial score (nSPS) is 13.9. The van der Waals surface area contributed by atoms with Gasteiger partial charge in [0.2, 0.25) is 0 Å². The number of aromatic nitrogens is 1. The van der Waals surface area contributed by atoms with E-state index < -0.39 is 17.4 Å². The number of hydrogen-bond donors (Lipinski definition) is 2. The summed E-state index contributed by atoms with van der Waals surface area (Å²) in [7, 11) is 0. The maximum atomic E-state index is 11.3. The fourth-order valence-electron chi connectivity index (χ4n) is 4.24. The van der Waals surface area contributed by atoms with Gasteiger partial charge in [0.15, 0.2) is 0 Å². The van der Waals surface area contributed by atoms with Crippen LogP contribution in [0.1, 0.15) is 36.8 Å². The first-order valence-corrected chi connectivity index (χ1v) is 8.95. The molecule has 136 valence electrons. The van der Waals surface area contributed by atoms with E-state index in [1.807, 2.05) is 48.5 Å². The van der Waals surface area contributed by atoms with Crippen molar-refractivity contribution in [3.8, 4) is 11.3 Å². The van der Waals surface area contributed by atoms with Gasteiger partial charge in [0.1, 0.15) is 0 Å². The van der Waals surface area contributed by atoms with Crippen LogP contribution in [0.5, 0.6) is 0 Å². The first-order chi connectivity index (χ1) is 13.0. The molecule has 0 amide bonds. The van der Waals surface area contributed by atoms with Crippen LogP contribution in [0, 0.1) is 0 Å². The molecule has 5 heteroatoms. The van der Waals surface area contributed by atoms with E-state index in [1.54, 1.807) is 0 Å². The monoisotopic (exact) mass is 361 g/mol. The Hall–Kier alpha value is -3.21. The molecule has 0 atom stereocenters. The SMILES string of the molecule is O=C(O)CCC1(CCC(=O)O)c2ccccc2-c2nc3ccccc3cc21. The van der Waals surface area contributed by atoms with Crippen molar-refractivity contribution in [2.24, 2.45) is 0 Å². The van der Waals surface area contributed by atoms with Crippen LogP contribution in [0.15, 0.2) is 54.6 Å². The third-order valence-electron chi connectivity index (χ3n) is 5.47. The van der Waals surface area contributed by atoms with Gasteiger partial charge in [0, 0.05) is 29.2 Å². The number of nitrogens with zero attached hydrogens (tertiary/aromatic N) is 1. The zero-order valence-corrected chi connectivity index (χ0v) is 14.7. The van der Waals surface area contributed by atoms with E-state index in [2.05, 4.69) is 6.07 Å². The zero-order valence-electron chi connectivity index (χ0n) is 14.7. The van der Waals surface area contributed by atoms with Crippen molar-refractivity contribution >= 4 is 22.8 Å². The maximum absolute atomic E-state index is 11.3. The van der Waals surface area contributed by atoms with Gasteiger partial charge in [-0.2, -0.15) is 0 Å². The topological polar surface area (TPSA) is 87.5 Å². The van der Waals surface area contributed by atoms with Gasteiger partial charge in [-0.3, -0.25) is 9.59 Å². The van der Waals surface area contributed by atoms with Crippen molar-refractivity contribution in [3.63, 3.8) is 0 Å². The highest BCUT2D eigenvalue weighted by molar-refractivity contribution is 5.88. The Morgan fingerprint density at radius 2 is 1.48 bits per heavy atom. The second-order valence-electron chi connectivity index (χ2n) is 6.99. The number of carboxylic acid groups (broad SMARTS) is 2. The Bertz CT molecular complexity index is 1040. The molecule has 0 unspecified atom stereocenters. The molecule has 2 N–H and O–H groups in total. The molecular formula is C22H19NO4. The summed E-state index contributed by atoms with van der Waals surface area (Å²) in [6, 6.07) is 17.7. The fraction of sp³-hybridized carbons (Fsp3) is 0.227. The summed E-state index contributed by atoms with van der Waals surface area (Å²) in [5.74, 6) is -1.77. The van der Waals surface area contributed by atoms with E-state index in [9.17, 15) is 19.8 Å². The van der Waals surface area contributed by atoms with E-state index in [1.165, 1.54) is 0 Å². The fourth-order valence-corrected chi connectivity index (χ4v) is 4.24. The lowest BCUT2D eigenvalue weighted by Crippen LogP contribution is -2.27. The molecule has 4 rings (SSSR count). The summed E-state index contributed by atoms with van der Waals surface area (Å²) in [4.78, 5) is 27.5. The summed E-state index contributed by atoms with van der Waals surface area (Å²) in [6.45, 7) is 0. The standard InChI is InChI=1S/C22H19NO4/c24-19(25)9-11-22(12-10-20(26)27)16-7-3-2-6-15(16)21-17(22)13-14-5-1-4-8-18(14)23-21/h1-8,13H,9-12H2,(H,24,25)(H,26,27). The smallest absolute Gasteiger partial charge is 0.303 e. The number of para-hydroxylation sites is 1. The summed E-state index contributed by atoms with van der Waals surface area (Å²) >= 11 is 0. The highest BCUT2D eigenvalue weighted by atomic mass is 16.4. The second kappa shape index (κ2) is 6.50. The van der Waals surface area contributed by atoms with Crippen LogP contribution in [0.2, 0.25) is 0 Å². The first kappa shape index (κ1) is 17.2. The van der Waals surface area contributed by atoms with E-state index >= 15 is 0 Å². The molecule has 27 heavy (non-hydrogen) atoms. The Labute approximate surface area is 156 Å². The van der Waals surface area contributed by atoms with Crippen LogP contribution in [0.25, 0.3) is 22.2 Å². The molecule has 1 aliphatic rings. The third-order valence-corrected chi connectivity index (χ3v) is 5.47. The predicted molar refractivity (Wildman–Crippen MR) is 102 cm³/mol. The van der Waals surface area contributed by atoms with Gasteiger partial charge in [0.25, 0.3) is 0 Å². The molecular weight excluding hydrogens is 342 g/mol.